The third-order valence-corrected chi connectivity index (χ3v) is 6.30. The first-order valence-corrected chi connectivity index (χ1v) is 10.8. The summed E-state index contributed by atoms with van der Waals surface area (Å²) in [6, 6.07) is 3.85. The van der Waals surface area contributed by atoms with E-state index in [0.717, 1.165) is 24.2 Å². The van der Waals surface area contributed by atoms with Crippen LogP contribution in [-0.4, -0.2) is 32.9 Å². The number of nitrogens with one attached hydrogen (secondary N) is 2. The lowest BCUT2D eigenvalue weighted by Crippen LogP contribution is -2.46. The topological polar surface area (TPSA) is 82.3 Å². The van der Waals surface area contributed by atoms with Crippen LogP contribution in [0.1, 0.15) is 50.9 Å². The Balaban J connectivity index is 2.00. The fourth-order valence-corrected chi connectivity index (χ4v) is 5.09. The van der Waals surface area contributed by atoms with Gasteiger partial charge in [-0.25, -0.2) is 0 Å². The number of aromatic nitrogens is 1. The highest BCUT2D eigenvalue weighted by atomic mass is 32.2. The van der Waals surface area contributed by atoms with Crippen molar-refractivity contribution < 1.29 is 9.00 Å². The predicted molar refractivity (Wildman–Crippen MR) is 109 cm³/mol. The van der Waals surface area contributed by atoms with E-state index in [9.17, 15) is 13.8 Å². The van der Waals surface area contributed by atoms with Crippen molar-refractivity contribution in [1.29, 1.82) is 0 Å². The molecule has 2 heterocycles. The van der Waals surface area contributed by atoms with Gasteiger partial charge in [-0.2, -0.15) is 0 Å². The zero-order valence-electron chi connectivity index (χ0n) is 16.3. The number of nitrogens with zero attached hydrogens (tertiary/aromatic N) is 1. The summed E-state index contributed by atoms with van der Waals surface area (Å²) in [4.78, 5) is 30.9. The minimum Gasteiger partial charge on any atom is -0.364 e. The number of carbonyl (C=O) groups is 1. The fraction of sp³-hybridized carbons (Fsp3) is 0.500. The lowest BCUT2D eigenvalue weighted by atomic mass is 10.0. The molecule has 1 aromatic carbocycles. The molecule has 0 radical (unpaired) electrons. The van der Waals surface area contributed by atoms with E-state index in [-0.39, 0.29) is 29.0 Å². The van der Waals surface area contributed by atoms with Gasteiger partial charge in [0.15, 0.2) is 5.78 Å². The number of fused-ring (bicyclic) bond motifs is 2. The van der Waals surface area contributed by atoms with E-state index in [4.69, 9.17) is 0 Å². The lowest BCUT2D eigenvalue weighted by Gasteiger charge is -2.37. The number of ketones is 1. The molecule has 27 heavy (non-hydrogen) atoms. The summed E-state index contributed by atoms with van der Waals surface area (Å²) in [5, 5.41) is 4.14. The molecule has 6 nitrogen and oxygen atoms in total. The van der Waals surface area contributed by atoms with Gasteiger partial charge in [0, 0.05) is 23.1 Å². The maximum atomic E-state index is 12.7. The predicted octanol–water partition coefficient (Wildman–Crippen LogP) is 3.23. The SMILES string of the molecule is CC1Nc2cc3c(S(C)=O)c(C(=O)C4CC4)c(=O)[nH]c3cc2N1C(C)(C)C. The minimum atomic E-state index is -1.45. The van der Waals surface area contributed by atoms with Gasteiger partial charge in [0.2, 0.25) is 0 Å². The third kappa shape index (κ3) is 2.88. The first-order valence-electron chi connectivity index (χ1n) is 9.27. The van der Waals surface area contributed by atoms with Crippen molar-refractivity contribution in [3.05, 3.63) is 28.0 Å². The Labute approximate surface area is 160 Å². The van der Waals surface area contributed by atoms with E-state index in [2.05, 4.69) is 42.9 Å². The Hall–Kier alpha value is -2.15. The monoisotopic (exact) mass is 387 g/mol. The third-order valence-electron chi connectivity index (χ3n) is 5.30. The van der Waals surface area contributed by atoms with Gasteiger partial charge in [-0.05, 0) is 52.7 Å². The Kier molecular flexibility index (Phi) is 4.00. The van der Waals surface area contributed by atoms with Crippen LogP contribution in [0.15, 0.2) is 21.8 Å². The van der Waals surface area contributed by atoms with Crippen LogP contribution in [-0.2, 0) is 10.8 Å². The first-order chi connectivity index (χ1) is 12.6. The second-order valence-electron chi connectivity index (χ2n) is 8.53. The number of rotatable bonds is 3. The number of hydrogen-bond donors (Lipinski definition) is 2. The maximum Gasteiger partial charge on any atom is 0.260 e. The number of H-pyrrole nitrogens is 1. The molecule has 1 aromatic heterocycles. The molecular formula is C20H25N3O3S. The van der Waals surface area contributed by atoms with Crippen LogP contribution >= 0.6 is 0 Å². The lowest BCUT2D eigenvalue weighted by molar-refractivity contribution is 0.0963. The minimum absolute atomic E-state index is 0.0736. The Bertz CT molecular complexity index is 1050. The van der Waals surface area contributed by atoms with E-state index in [1.54, 1.807) is 0 Å². The second-order valence-corrected chi connectivity index (χ2v) is 9.84. The molecule has 7 heteroatoms. The molecule has 2 atom stereocenters. The highest BCUT2D eigenvalue weighted by Gasteiger charge is 2.37. The molecule has 2 aromatic rings. The van der Waals surface area contributed by atoms with Crippen molar-refractivity contribution in [2.75, 3.05) is 16.5 Å². The summed E-state index contributed by atoms with van der Waals surface area (Å²) in [5.74, 6) is -0.281. The quantitative estimate of drug-likeness (QED) is 0.790. The van der Waals surface area contributed by atoms with Crippen molar-refractivity contribution >= 4 is 38.9 Å². The molecule has 1 aliphatic carbocycles. The molecule has 144 valence electrons. The molecule has 2 N–H and O–H groups in total. The molecule has 0 bridgehead atoms. The van der Waals surface area contributed by atoms with E-state index in [1.165, 1.54) is 6.26 Å². The van der Waals surface area contributed by atoms with Crippen LogP contribution in [0.25, 0.3) is 10.9 Å². The molecule has 4 rings (SSSR count). The van der Waals surface area contributed by atoms with Crippen LogP contribution in [0.3, 0.4) is 0 Å². The summed E-state index contributed by atoms with van der Waals surface area (Å²) in [7, 11) is -1.45. The molecule has 2 aliphatic rings. The largest absolute Gasteiger partial charge is 0.364 e. The smallest absolute Gasteiger partial charge is 0.260 e. The fourth-order valence-electron chi connectivity index (χ4n) is 4.13. The van der Waals surface area contributed by atoms with E-state index < -0.39 is 16.4 Å². The van der Waals surface area contributed by atoms with Gasteiger partial charge in [0.1, 0.15) is 0 Å². The molecule has 0 amide bonds. The normalized spacial score (nSPS) is 20.5. The Morgan fingerprint density at radius 1 is 1.26 bits per heavy atom. The second kappa shape index (κ2) is 5.92. The van der Waals surface area contributed by atoms with Crippen LogP contribution in [0.4, 0.5) is 11.4 Å². The van der Waals surface area contributed by atoms with Gasteiger partial charge in [-0.1, -0.05) is 0 Å². The molecule has 0 spiro atoms. The summed E-state index contributed by atoms with van der Waals surface area (Å²) in [6.07, 6.45) is 3.22. The number of hydrogen-bond acceptors (Lipinski definition) is 5. The summed E-state index contributed by atoms with van der Waals surface area (Å²) in [6.45, 7) is 8.49. The number of pyridine rings is 1. The van der Waals surface area contributed by atoms with Gasteiger partial charge in [0.05, 0.1) is 44.3 Å². The van der Waals surface area contributed by atoms with Crippen molar-refractivity contribution in [2.24, 2.45) is 5.92 Å². The summed E-state index contributed by atoms with van der Waals surface area (Å²) >= 11 is 0. The highest BCUT2D eigenvalue weighted by Crippen LogP contribution is 2.42. The Morgan fingerprint density at radius 2 is 1.93 bits per heavy atom. The van der Waals surface area contributed by atoms with Crippen LogP contribution in [0.5, 0.6) is 0 Å². The van der Waals surface area contributed by atoms with Gasteiger partial charge in [0.25, 0.3) is 5.56 Å². The maximum absolute atomic E-state index is 12.7. The van der Waals surface area contributed by atoms with Gasteiger partial charge in [-0.3, -0.25) is 13.8 Å². The molecule has 2 unspecified atom stereocenters. The van der Waals surface area contributed by atoms with Crippen LogP contribution < -0.4 is 15.8 Å². The molecule has 1 aliphatic heterocycles. The van der Waals surface area contributed by atoms with Gasteiger partial charge >= 0.3 is 0 Å². The zero-order chi connectivity index (χ0) is 19.7. The average Bonchev–Trinajstić information content (AvgIpc) is 3.32. The number of aromatic amines is 1. The summed E-state index contributed by atoms with van der Waals surface area (Å²) < 4.78 is 12.5. The molecular weight excluding hydrogens is 362 g/mol. The molecule has 1 saturated carbocycles. The van der Waals surface area contributed by atoms with Crippen LogP contribution in [0, 0.1) is 5.92 Å². The average molecular weight is 388 g/mol. The number of carbonyl (C=O) groups excluding carboxylic acids is 1. The molecule has 1 fully saturated rings. The number of anilines is 2. The zero-order valence-corrected chi connectivity index (χ0v) is 17.1. The number of benzene rings is 1. The summed E-state index contributed by atoms with van der Waals surface area (Å²) in [5.41, 5.74) is 2.06. The highest BCUT2D eigenvalue weighted by molar-refractivity contribution is 7.84. The standard InChI is InChI=1S/C20H25N3O3S/c1-10-21-14-8-12-13(9-15(14)23(10)20(2,3)4)22-19(25)16(18(12)27(5)26)17(24)11-6-7-11/h8-11,21H,6-7H2,1-5H3,(H,22,25). The van der Waals surface area contributed by atoms with Crippen LogP contribution in [0.2, 0.25) is 0 Å². The van der Waals surface area contributed by atoms with Crippen molar-refractivity contribution in [3.63, 3.8) is 0 Å². The van der Waals surface area contributed by atoms with E-state index in [1.807, 2.05) is 12.1 Å². The molecule has 0 saturated heterocycles. The van der Waals surface area contributed by atoms with Crippen molar-refractivity contribution in [2.45, 2.75) is 57.1 Å². The van der Waals surface area contributed by atoms with E-state index in [0.29, 0.717) is 15.8 Å². The number of Topliss-reactive ketones (excluding diaryl/α,β-unsaturated/α-hetero) is 1. The van der Waals surface area contributed by atoms with Crippen molar-refractivity contribution in [1.82, 2.24) is 4.98 Å². The van der Waals surface area contributed by atoms with Crippen molar-refractivity contribution in [3.8, 4) is 0 Å². The Morgan fingerprint density at radius 3 is 2.48 bits per heavy atom. The van der Waals surface area contributed by atoms with Gasteiger partial charge < -0.3 is 15.2 Å². The first kappa shape index (κ1) is 18.2. The van der Waals surface area contributed by atoms with E-state index >= 15 is 0 Å². The van der Waals surface area contributed by atoms with Gasteiger partial charge in [-0.15, -0.1) is 0 Å².